The Bertz CT molecular complexity index is 1150. The normalized spacial score (nSPS) is 17.0. The van der Waals surface area contributed by atoms with Crippen LogP contribution in [0.15, 0.2) is 75.5 Å². The third kappa shape index (κ3) is 6.95. The van der Waals surface area contributed by atoms with E-state index in [1.807, 2.05) is 49.6 Å². The van der Waals surface area contributed by atoms with Crippen molar-refractivity contribution >= 4 is 32.2 Å². The summed E-state index contributed by atoms with van der Waals surface area (Å²) in [6, 6.07) is 17.4. The molecule has 162 valence electrons. The van der Waals surface area contributed by atoms with Crippen molar-refractivity contribution in [3.05, 3.63) is 82.3 Å². The first kappa shape index (κ1) is 24.6. The molecule has 0 radical (unpaired) electrons. The van der Waals surface area contributed by atoms with Crippen LogP contribution in [0.4, 0.5) is 0 Å². The zero-order valence-corrected chi connectivity index (χ0v) is 20.2. The van der Waals surface area contributed by atoms with Crippen LogP contribution in [0.2, 0.25) is 0 Å². The van der Waals surface area contributed by atoms with Crippen molar-refractivity contribution in [3.8, 4) is 6.07 Å². The number of aryl methyl sites for hydroxylation is 2. The number of hydrogen-bond donors (Lipinski definition) is 0. The maximum absolute atomic E-state index is 10.9. The molecule has 3 rings (SSSR count). The van der Waals surface area contributed by atoms with Crippen LogP contribution in [0.5, 0.6) is 0 Å². The molecule has 1 aliphatic rings. The highest BCUT2D eigenvalue weighted by molar-refractivity contribution is 8.17. The van der Waals surface area contributed by atoms with E-state index in [1.165, 1.54) is 6.26 Å². The Morgan fingerprint density at radius 2 is 1.77 bits per heavy atom. The van der Waals surface area contributed by atoms with Gasteiger partial charge in [0, 0.05) is 17.9 Å². The third-order valence-electron chi connectivity index (χ3n) is 4.82. The summed E-state index contributed by atoms with van der Waals surface area (Å²) in [6.07, 6.45) is 4.21. The van der Waals surface area contributed by atoms with Gasteiger partial charge in [-0.3, -0.25) is 4.99 Å². The lowest BCUT2D eigenvalue weighted by molar-refractivity contribution is 0.602. The minimum atomic E-state index is -3.02. The second kappa shape index (κ2) is 11.1. The summed E-state index contributed by atoms with van der Waals surface area (Å²) in [4.78, 5) is 5.09. The molecule has 0 N–H and O–H groups in total. The highest BCUT2D eigenvalue weighted by atomic mass is 32.2. The van der Waals surface area contributed by atoms with Crippen LogP contribution < -0.4 is 0 Å². The van der Waals surface area contributed by atoms with Gasteiger partial charge in [0.15, 0.2) is 9.84 Å². The summed E-state index contributed by atoms with van der Waals surface area (Å²) in [7, 11) is -3.02. The highest BCUT2D eigenvalue weighted by Gasteiger charge is 2.18. The second-order valence-corrected chi connectivity index (χ2v) is 10.3. The number of rotatable bonds is 4. The largest absolute Gasteiger partial charge is 0.274 e. The monoisotopic (exact) mass is 452 g/mol. The number of nitriles is 1. The van der Waals surface area contributed by atoms with E-state index in [1.54, 1.807) is 36.0 Å². The van der Waals surface area contributed by atoms with E-state index in [9.17, 15) is 13.7 Å². The Morgan fingerprint density at radius 3 is 2.32 bits per heavy atom. The van der Waals surface area contributed by atoms with Crippen LogP contribution in [-0.4, -0.2) is 25.8 Å². The van der Waals surface area contributed by atoms with Gasteiger partial charge in [-0.15, -0.1) is 0 Å². The van der Waals surface area contributed by atoms with Crippen molar-refractivity contribution in [2.45, 2.75) is 45.1 Å². The zero-order valence-electron chi connectivity index (χ0n) is 18.6. The molecule has 0 saturated carbocycles. The lowest BCUT2D eigenvalue weighted by atomic mass is 9.97. The summed E-state index contributed by atoms with van der Waals surface area (Å²) in [5, 5.41) is 12.5. The predicted molar refractivity (Wildman–Crippen MR) is 132 cm³/mol. The minimum Gasteiger partial charge on any atom is -0.274 e. The van der Waals surface area contributed by atoms with E-state index in [2.05, 4.69) is 19.9 Å². The van der Waals surface area contributed by atoms with Crippen molar-refractivity contribution in [3.63, 3.8) is 0 Å². The standard InChI is InChI=1S/C17H18N2S.C8H10O2S/c1-4-13(3)19-17-15(9-10-20-17)16(11-18)14-8-6-5-7-12(14)2;1-7-3-5-8(6-4-7)11(2,9)10/h5-10,13H,4H2,1-3H3;3-6H,1-2H3/b16-15+,19-17?;. The lowest BCUT2D eigenvalue weighted by Gasteiger charge is -2.09. The van der Waals surface area contributed by atoms with Crippen molar-refractivity contribution < 1.29 is 8.42 Å². The second-order valence-electron chi connectivity index (χ2n) is 7.41. The highest BCUT2D eigenvalue weighted by Crippen LogP contribution is 2.32. The van der Waals surface area contributed by atoms with Crippen LogP contribution in [0.25, 0.3) is 5.57 Å². The van der Waals surface area contributed by atoms with Gasteiger partial charge < -0.3 is 0 Å². The van der Waals surface area contributed by atoms with Crippen molar-refractivity contribution in [2.24, 2.45) is 4.99 Å². The van der Waals surface area contributed by atoms with Gasteiger partial charge in [0.25, 0.3) is 0 Å². The van der Waals surface area contributed by atoms with Gasteiger partial charge >= 0.3 is 0 Å². The van der Waals surface area contributed by atoms with Gasteiger partial charge in [-0.05, 0) is 61.9 Å². The zero-order chi connectivity index (χ0) is 23.0. The summed E-state index contributed by atoms with van der Waals surface area (Å²) in [6.45, 7) is 8.18. The first-order valence-corrected chi connectivity index (χ1v) is 12.8. The molecule has 2 aromatic carbocycles. The number of hydrogen-bond acceptors (Lipinski definition) is 5. The van der Waals surface area contributed by atoms with Crippen LogP contribution >= 0.6 is 11.8 Å². The molecule has 0 saturated heterocycles. The number of sulfone groups is 1. The van der Waals surface area contributed by atoms with Crippen molar-refractivity contribution in [1.82, 2.24) is 0 Å². The average Bonchev–Trinajstić information content (AvgIpc) is 3.18. The Kier molecular flexibility index (Phi) is 8.85. The Morgan fingerprint density at radius 1 is 1.13 bits per heavy atom. The fourth-order valence-electron chi connectivity index (χ4n) is 2.79. The molecule has 0 aromatic heterocycles. The molecule has 2 aromatic rings. The maximum Gasteiger partial charge on any atom is 0.175 e. The molecule has 6 heteroatoms. The SMILES string of the molecule is CCC(C)N=C1SC=C/C1=C(/C#N)c1ccccc1C.Cc1ccc(S(C)(=O)=O)cc1. The number of thioether (sulfide) groups is 1. The van der Waals surface area contributed by atoms with Gasteiger partial charge in [-0.2, -0.15) is 5.26 Å². The molecular formula is C25H28N2O2S2. The van der Waals surface area contributed by atoms with Crippen molar-refractivity contribution in [1.29, 1.82) is 5.26 Å². The summed E-state index contributed by atoms with van der Waals surface area (Å²) in [5.74, 6) is 0. The van der Waals surface area contributed by atoms with Gasteiger partial charge in [0.1, 0.15) is 11.1 Å². The molecule has 0 amide bonds. The molecule has 0 aliphatic carbocycles. The summed E-state index contributed by atoms with van der Waals surface area (Å²) < 4.78 is 21.9. The number of allylic oxidation sites excluding steroid dienone is 2. The van der Waals surface area contributed by atoms with Crippen LogP contribution in [0.3, 0.4) is 0 Å². The first-order valence-electron chi connectivity index (χ1n) is 10.1. The molecule has 1 atom stereocenters. The number of benzene rings is 2. The first-order chi connectivity index (χ1) is 14.7. The van der Waals surface area contributed by atoms with Crippen molar-refractivity contribution in [2.75, 3.05) is 6.26 Å². The van der Waals surface area contributed by atoms with Gasteiger partial charge in [-0.1, -0.05) is 60.6 Å². The molecule has 31 heavy (non-hydrogen) atoms. The number of nitrogens with zero attached hydrogens (tertiary/aromatic N) is 2. The molecule has 0 fully saturated rings. The fourth-order valence-corrected chi connectivity index (χ4v) is 4.29. The molecule has 0 spiro atoms. The molecule has 0 bridgehead atoms. The topological polar surface area (TPSA) is 70.3 Å². The van der Waals surface area contributed by atoms with Gasteiger partial charge in [-0.25, -0.2) is 8.42 Å². The predicted octanol–water partition coefficient (Wildman–Crippen LogP) is 6.13. The third-order valence-corrected chi connectivity index (χ3v) is 6.77. The lowest BCUT2D eigenvalue weighted by Crippen LogP contribution is -2.03. The molecule has 1 unspecified atom stereocenters. The minimum absolute atomic E-state index is 0.282. The Hall–Kier alpha value is -2.62. The van der Waals surface area contributed by atoms with E-state index in [-0.39, 0.29) is 6.04 Å². The van der Waals surface area contributed by atoms with E-state index >= 15 is 0 Å². The fraction of sp³-hybridized carbons (Fsp3) is 0.280. The molecule has 4 nitrogen and oxygen atoms in total. The summed E-state index contributed by atoms with van der Waals surface area (Å²) in [5.41, 5.74) is 4.84. The number of aliphatic imine (C=N–C) groups is 1. The van der Waals surface area contributed by atoms with E-state index in [4.69, 9.17) is 4.99 Å². The molecule has 1 aliphatic heterocycles. The van der Waals surface area contributed by atoms with Crippen LogP contribution in [0, 0.1) is 25.2 Å². The quantitative estimate of drug-likeness (QED) is 0.523. The smallest absolute Gasteiger partial charge is 0.175 e. The molecular weight excluding hydrogens is 424 g/mol. The van der Waals surface area contributed by atoms with Gasteiger partial charge in [0.05, 0.1) is 10.5 Å². The summed E-state index contributed by atoms with van der Waals surface area (Å²) >= 11 is 1.60. The van der Waals surface area contributed by atoms with Crippen LogP contribution in [-0.2, 0) is 9.84 Å². The average molecular weight is 453 g/mol. The van der Waals surface area contributed by atoms with E-state index in [0.717, 1.165) is 33.7 Å². The van der Waals surface area contributed by atoms with E-state index in [0.29, 0.717) is 10.5 Å². The maximum atomic E-state index is 10.9. The van der Waals surface area contributed by atoms with Gasteiger partial charge in [0.2, 0.25) is 0 Å². The van der Waals surface area contributed by atoms with Crippen LogP contribution in [0.1, 0.15) is 37.0 Å². The van der Waals surface area contributed by atoms with E-state index < -0.39 is 9.84 Å². The Labute approximate surface area is 190 Å². The Balaban J connectivity index is 0.000000262. The molecule has 1 heterocycles.